The maximum atomic E-state index is 16.2. The normalized spacial score (nSPS) is 22.2. The van der Waals surface area contributed by atoms with Crippen LogP contribution in [0.2, 0.25) is 0 Å². The number of rotatable bonds is 13. The van der Waals surface area contributed by atoms with Crippen molar-refractivity contribution < 1.29 is 62.4 Å². The lowest BCUT2D eigenvalue weighted by Gasteiger charge is -2.46. The molecule has 7 atom stereocenters. The number of methoxy groups -OCH3 is 3. The number of esters is 4. The van der Waals surface area contributed by atoms with Crippen molar-refractivity contribution in [1.82, 2.24) is 10.2 Å². The molecule has 17 nitrogen and oxygen atoms in total. The number of nitrogens with one attached hydrogen (secondary N) is 1. The number of hydrogen-bond donors (Lipinski definition) is 3. The van der Waals surface area contributed by atoms with Gasteiger partial charge in [-0.2, -0.15) is 0 Å². The Kier molecular flexibility index (Phi) is 14.1. The molecule has 17 heteroatoms. The molecule has 4 N–H and O–H groups in total. The van der Waals surface area contributed by atoms with E-state index in [2.05, 4.69) is 17.2 Å². The molecule has 3 aliphatic rings. The molecule has 0 radical (unpaired) electrons. The van der Waals surface area contributed by atoms with E-state index in [-0.39, 0.29) is 36.4 Å². The molecule has 2 fully saturated rings. The molecule has 4 aromatic carbocycles. The van der Waals surface area contributed by atoms with Crippen molar-refractivity contribution in [2.45, 2.75) is 56.0 Å². The number of fused-ring (bicyclic) bond motifs is 3. The summed E-state index contributed by atoms with van der Waals surface area (Å²) in [5.74, 6) is -2.87. The van der Waals surface area contributed by atoms with Gasteiger partial charge in [0.2, 0.25) is 11.8 Å². The molecule has 4 aromatic rings. The van der Waals surface area contributed by atoms with Crippen molar-refractivity contribution in [2.24, 2.45) is 23.5 Å². The molecule has 0 saturated carbocycles. The summed E-state index contributed by atoms with van der Waals surface area (Å²) in [5, 5.41) is 12.2. The van der Waals surface area contributed by atoms with Crippen molar-refractivity contribution >= 4 is 47.4 Å². The van der Waals surface area contributed by atoms with Crippen LogP contribution in [-0.4, -0.2) is 98.4 Å². The number of nitrogens with two attached hydrogens (primary N) is 1. The van der Waals surface area contributed by atoms with Gasteiger partial charge >= 0.3 is 29.9 Å². The molecule has 0 aromatic heterocycles. The molecule has 0 unspecified atom stereocenters. The molecule has 7 rings (SSSR count). The Morgan fingerprint density at radius 3 is 1.99 bits per heavy atom. The Hall–Kier alpha value is -7.55. The number of aliphatic hydroxyl groups excluding tert-OH is 1. The third-order valence-corrected chi connectivity index (χ3v) is 12.4. The minimum atomic E-state index is -2.22. The summed E-state index contributed by atoms with van der Waals surface area (Å²) >= 11 is 0. The summed E-state index contributed by atoms with van der Waals surface area (Å²) < 4.78 is 26.7. The Morgan fingerprint density at radius 2 is 1.42 bits per heavy atom. The zero-order chi connectivity index (χ0) is 48.2. The van der Waals surface area contributed by atoms with Crippen LogP contribution in [0.4, 0.5) is 10.5 Å². The van der Waals surface area contributed by atoms with Crippen LogP contribution in [-0.2, 0) is 53.1 Å². The van der Waals surface area contributed by atoms with E-state index in [1.54, 1.807) is 67.3 Å². The maximum Gasteiger partial charge on any atom is 0.329 e. The molecule has 0 aliphatic carbocycles. The van der Waals surface area contributed by atoms with Crippen LogP contribution in [0.3, 0.4) is 0 Å². The Morgan fingerprint density at radius 1 is 0.806 bits per heavy atom. The molecule has 3 heterocycles. The lowest BCUT2D eigenvalue weighted by Crippen LogP contribution is -2.57. The van der Waals surface area contributed by atoms with Crippen LogP contribution >= 0.6 is 0 Å². The van der Waals surface area contributed by atoms with Gasteiger partial charge in [0, 0.05) is 12.0 Å². The highest BCUT2D eigenvalue weighted by Gasteiger charge is 2.75. The highest BCUT2D eigenvalue weighted by Crippen LogP contribution is 2.65. The number of imide groups is 1. The largest absolute Gasteiger partial charge is 0.491 e. The molecule has 3 aliphatic heterocycles. The number of ether oxygens (including phenoxy) is 5. The first-order valence-corrected chi connectivity index (χ1v) is 21.5. The van der Waals surface area contributed by atoms with Crippen molar-refractivity contribution in [3.8, 4) is 17.6 Å². The second kappa shape index (κ2) is 19.9. The lowest BCUT2D eigenvalue weighted by molar-refractivity contribution is -0.178. The van der Waals surface area contributed by atoms with E-state index in [4.69, 9.17) is 29.4 Å². The minimum absolute atomic E-state index is 0.00865. The van der Waals surface area contributed by atoms with E-state index in [1.807, 2.05) is 36.4 Å². The number of primary amides is 1. The zero-order valence-corrected chi connectivity index (χ0v) is 37.4. The molecule has 2 saturated heterocycles. The molecule has 0 bridgehead atoms. The van der Waals surface area contributed by atoms with Gasteiger partial charge in [0.25, 0.3) is 0 Å². The quantitative estimate of drug-likeness (QED) is 0.0750. The first-order chi connectivity index (χ1) is 32.2. The van der Waals surface area contributed by atoms with Gasteiger partial charge in [-0.1, -0.05) is 98.5 Å². The van der Waals surface area contributed by atoms with E-state index in [0.717, 1.165) is 26.2 Å². The first-order valence-electron chi connectivity index (χ1n) is 21.5. The monoisotopic (exact) mass is 914 g/mol. The number of morpholine rings is 1. The summed E-state index contributed by atoms with van der Waals surface area (Å²) in [7, 11) is 3.41. The highest BCUT2D eigenvalue weighted by atomic mass is 16.6. The standard InChI is InChI=1S/C50H50N4O13/c1-28(2)38(46(59)65-5)52-49(62)53-36-24-19-29(13-12-18-34(44(57)63-3)45(58)64-4)27-35(36)50(48(53)61)37(43(51)56)40-47(60)67-41(31-16-10-7-11-17-31)39(30-14-8-6-9-15-30)54(40)42(50)32-20-22-33(23-21-32)66-26-25-55/h6-11,14-17,19-24,27-28,34,37-42,55H,18,25-26H2,1-5H3,(H2,51,56)(H,52,62)/t37-,38+,39-,40-,41+,42+,50-/m1/s1. The third-order valence-electron chi connectivity index (χ3n) is 12.4. The molecule has 348 valence electrons. The van der Waals surface area contributed by atoms with E-state index in [9.17, 15) is 33.9 Å². The fourth-order valence-electron chi connectivity index (χ4n) is 9.55. The molecule has 1 spiro atoms. The van der Waals surface area contributed by atoms with Gasteiger partial charge in [-0.15, -0.1) is 0 Å². The SMILES string of the molecule is COC(=O)C(CC#Cc1ccc2c(c1)[C@]1(C(=O)N2C(=O)N[C@H](C(=O)OC)C(C)C)[C@H](c2ccc(OCCO)cc2)N2[C@H](c3ccccc3)[C@H](c3ccccc3)OC(=O)[C@H]2[C@@H]1C(N)=O)C(=O)OC. The first kappa shape index (κ1) is 47.4. The number of amides is 4. The van der Waals surface area contributed by atoms with Crippen LogP contribution in [0, 0.1) is 29.6 Å². The van der Waals surface area contributed by atoms with Crippen molar-refractivity contribution in [1.29, 1.82) is 0 Å². The van der Waals surface area contributed by atoms with Crippen LogP contribution in [0.1, 0.15) is 66.3 Å². The summed E-state index contributed by atoms with van der Waals surface area (Å²) in [6.45, 7) is 3.08. The second-order valence-electron chi connectivity index (χ2n) is 16.5. The van der Waals surface area contributed by atoms with Gasteiger partial charge in [0.05, 0.1) is 51.6 Å². The van der Waals surface area contributed by atoms with Crippen LogP contribution in [0.25, 0.3) is 0 Å². The lowest BCUT2D eigenvalue weighted by atomic mass is 9.65. The molecule has 67 heavy (non-hydrogen) atoms. The van der Waals surface area contributed by atoms with Crippen molar-refractivity contribution in [3.05, 3.63) is 131 Å². The Balaban J connectivity index is 1.53. The summed E-state index contributed by atoms with van der Waals surface area (Å²) in [6, 6.07) is 23.2. The van der Waals surface area contributed by atoms with Crippen molar-refractivity contribution in [3.63, 3.8) is 0 Å². The number of anilines is 1. The molecule has 4 amide bonds. The highest BCUT2D eigenvalue weighted by molar-refractivity contribution is 6.25. The fraction of sp³-hybridized carbons (Fsp3) is 0.340. The molecular weight excluding hydrogens is 865 g/mol. The Labute approximate surface area is 386 Å². The smallest absolute Gasteiger partial charge is 0.329 e. The van der Waals surface area contributed by atoms with Crippen LogP contribution < -0.4 is 20.7 Å². The van der Waals surface area contributed by atoms with Gasteiger partial charge in [-0.05, 0) is 58.5 Å². The number of benzene rings is 4. The number of nitrogens with zero attached hydrogens (tertiary/aromatic N) is 2. The van der Waals surface area contributed by atoms with Gasteiger partial charge in [-0.25, -0.2) is 14.5 Å². The number of hydrogen-bond acceptors (Lipinski definition) is 14. The molecular formula is C50H50N4O13. The average Bonchev–Trinajstić information content (AvgIpc) is 3.80. The van der Waals surface area contributed by atoms with Crippen LogP contribution in [0.5, 0.6) is 5.75 Å². The minimum Gasteiger partial charge on any atom is -0.491 e. The average molecular weight is 915 g/mol. The van der Waals surface area contributed by atoms with E-state index in [0.29, 0.717) is 22.4 Å². The number of carbonyl (C=O) groups excluding carboxylic acids is 7. The maximum absolute atomic E-state index is 16.2. The third kappa shape index (κ3) is 8.57. The second-order valence-corrected chi connectivity index (χ2v) is 16.5. The fourth-order valence-corrected chi connectivity index (χ4v) is 9.55. The van der Waals surface area contributed by atoms with Gasteiger partial charge in [0.1, 0.15) is 36.0 Å². The predicted octanol–water partition coefficient (Wildman–Crippen LogP) is 3.82. The van der Waals surface area contributed by atoms with E-state index >= 15 is 4.79 Å². The van der Waals surface area contributed by atoms with E-state index < -0.39 is 95.2 Å². The van der Waals surface area contributed by atoms with Gasteiger partial charge < -0.3 is 39.8 Å². The number of aliphatic hydroxyl groups is 1. The summed E-state index contributed by atoms with van der Waals surface area (Å²) in [4.78, 5) is 101. The summed E-state index contributed by atoms with van der Waals surface area (Å²) in [6.07, 6.45) is -1.32. The number of carbonyl (C=O) groups is 7. The Bertz CT molecular complexity index is 2600. The summed E-state index contributed by atoms with van der Waals surface area (Å²) in [5.41, 5.74) is 6.21. The number of urea groups is 1. The van der Waals surface area contributed by atoms with Crippen molar-refractivity contribution in [2.75, 3.05) is 39.4 Å². The van der Waals surface area contributed by atoms with Gasteiger partial charge in [0.15, 0.2) is 5.92 Å². The zero-order valence-electron chi connectivity index (χ0n) is 37.4. The van der Waals surface area contributed by atoms with E-state index in [1.165, 1.54) is 18.2 Å². The van der Waals surface area contributed by atoms with Crippen LogP contribution in [0.15, 0.2) is 103 Å². The number of cyclic esters (lactones) is 1. The predicted molar refractivity (Wildman–Crippen MR) is 238 cm³/mol. The van der Waals surface area contributed by atoms with Gasteiger partial charge in [-0.3, -0.25) is 28.9 Å². The topological polar surface area (TPSA) is 230 Å².